The van der Waals surface area contributed by atoms with Gasteiger partial charge in [0.25, 0.3) is 0 Å². The second kappa shape index (κ2) is 7.63. The number of hydrogen-bond donors (Lipinski definition) is 0. The van der Waals surface area contributed by atoms with Crippen LogP contribution in [0, 0.1) is 0 Å². The Hall–Kier alpha value is -1.47. The Labute approximate surface area is 73.8 Å². The van der Waals surface area contributed by atoms with E-state index in [4.69, 9.17) is 0 Å². The second-order valence-electron chi connectivity index (χ2n) is 2.15. The molecule has 1 nitrogen and oxygen atoms in total. The molecule has 0 saturated carbocycles. The molecule has 0 amide bonds. The van der Waals surface area contributed by atoms with Crippen molar-refractivity contribution in [3.05, 3.63) is 35.5 Å². The van der Waals surface area contributed by atoms with E-state index in [1.54, 1.807) is 0 Å². The molecule has 0 saturated heterocycles. The van der Waals surface area contributed by atoms with Crippen LogP contribution in [0.2, 0.25) is 0 Å². The van der Waals surface area contributed by atoms with Crippen molar-refractivity contribution in [3.8, 4) is 0 Å². The van der Waals surface area contributed by atoms with Gasteiger partial charge in [-0.3, -0.25) is 0 Å². The topological polar surface area (TPSA) is 12.4 Å². The summed E-state index contributed by atoms with van der Waals surface area (Å²) in [6, 6.07) is 0. The monoisotopic (exact) mass is 159 g/mol. The van der Waals surface area contributed by atoms with Crippen LogP contribution in [0.15, 0.2) is 40.5 Å². The lowest BCUT2D eigenvalue weighted by Gasteiger charge is -1.82. The molecular formula is C11H13N. The van der Waals surface area contributed by atoms with E-state index in [0.29, 0.717) is 0 Å². The maximum absolute atomic E-state index is 3.87. The number of nitrogens with zero attached hydrogens (tertiary/aromatic N) is 1. The first-order chi connectivity index (χ1) is 5.81. The molecule has 0 bridgehead atoms. The summed E-state index contributed by atoms with van der Waals surface area (Å²) in [4.78, 5) is 3.87. The van der Waals surface area contributed by atoms with Gasteiger partial charge in [0.2, 0.25) is 0 Å². The third-order valence-electron chi connectivity index (χ3n) is 1.12. The van der Waals surface area contributed by atoms with Crippen LogP contribution in [0.3, 0.4) is 0 Å². The van der Waals surface area contributed by atoms with E-state index in [0.717, 1.165) is 18.5 Å². The predicted octanol–water partition coefficient (Wildman–Crippen LogP) is 3.01. The van der Waals surface area contributed by atoms with Crippen molar-refractivity contribution in [1.82, 2.24) is 0 Å². The zero-order valence-corrected chi connectivity index (χ0v) is 7.65. The summed E-state index contributed by atoms with van der Waals surface area (Å²) < 4.78 is 0. The minimum Gasteiger partial charge on any atom is -0.202 e. The minimum atomic E-state index is 0.795. The molecule has 0 heterocycles. The highest BCUT2D eigenvalue weighted by atomic mass is 14.7. The Kier molecular flexibility index (Phi) is 6.70. The van der Waals surface area contributed by atoms with E-state index < -0.39 is 0 Å². The highest BCUT2D eigenvalue weighted by Gasteiger charge is 1.76. The van der Waals surface area contributed by atoms with Crippen molar-refractivity contribution in [2.75, 3.05) is 0 Å². The smallest absolute Gasteiger partial charge is 0.0483 e. The molecule has 0 aromatic carbocycles. The summed E-state index contributed by atoms with van der Waals surface area (Å²) in [5.74, 6) is 2.58. The van der Waals surface area contributed by atoms with Gasteiger partial charge < -0.3 is 0 Å². The Bertz CT molecular complexity index is 298. The van der Waals surface area contributed by atoms with Crippen molar-refractivity contribution >= 4 is 5.87 Å². The number of hydrogen-bond acceptors (Lipinski definition) is 1. The Morgan fingerprint density at radius 3 is 2.75 bits per heavy atom. The summed E-state index contributed by atoms with van der Waals surface area (Å²) in [6.45, 7) is 7.71. The largest absolute Gasteiger partial charge is 0.202 e. The van der Waals surface area contributed by atoms with Crippen molar-refractivity contribution in [2.45, 2.75) is 26.7 Å². The summed E-state index contributed by atoms with van der Waals surface area (Å²) in [5.41, 5.74) is 8.86. The van der Waals surface area contributed by atoms with Gasteiger partial charge in [-0.05, 0) is 24.6 Å². The fourth-order valence-corrected chi connectivity index (χ4v) is 0.403. The third kappa shape index (κ3) is 6.65. The third-order valence-corrected chi connectivity index (χ3v) is 1.12. The molecule has 62 valence electrons. The Morgan fingerprint density at radius 1 is 1.42 bits per heavy atom. The lowest BCUT2D eigenvalue weighted by Crippen LogP contribution is -1.66. The van der Waals surface area contributed by atoms with Gasteiger partial charge in [0.1, 0.15) is 0 Å². The maximum Gasteiger partial charge on any atom is 0.0483 e. The molecule has 0 aliphatic carbocycles. The highest BCUT2D eigenvalue weighted by molar-refractivity contribution is 5.51. The molecule has 12 heavy (non-hydrogen) atoms. The SMILES string of the molecule is C=C(CC)N=C=C=C=C=CCC. The van der Waals surface area contributed by atoms with Crippen LogP contribution in [-0.2, 0) is 0 Å². The van der Waals surface area contributed by atoms with Gasteiger partial charge in [-0.1, -0.05) is 26.2 Å². The van der Waals surface area contributed by atoms with Gasteiger partial charge in [0.15, 0.2) is 0 Å². The lowest BCUT2D eigenvalue weighted by atomic mass is 10.4. The van der Waals surface area contributed by atoms with Gasteiger partial charge in [-0.2, -0.15) is 0 Å². The van der Waals surface area contributed by atoms with Crippen LogP contribution in [0.4, 0.5) is 0 Å². The van der Waals surface area contributed by atoms with Gasteiger partial charge in [-0.15, -0.1) is 0 Å². The first-order valence-electron chi connectivity index (χ1n) is 4.02. The van der Waals surface area contributed by atoms with Crippen LogP contribution < -0.4 is 0 Å². The Balaban J connectivity index is 4.42. The molecule has 0 aliphatic heterocycles. The molecule has 1 heteroatoms. The van der Waals surface area contributed by atoms with E-state index in [2.05, 4.69) is 34.6 Å². The number of aliphatic imine (C=N–C) groups is 1. The molecule has 0 N–H and O–H groups in total. The van der Waals surface area contributed by atoms with Gasteiger partial charge in [0.05, 0.1) is 0 Å². The minimum absolute atomic E-state index is 0.795. The number of allylic oxidation sites excluding steroid dienone is 2. The van der Waals surface area contributed by atoms with Crippen molar-refractivity contribution < 1.29 is 0 Å². The van der Waals surface area contributed by atoms with Gasteiger partial charge in [0, 0.05) is 17.3 Å². The molecular weight excluding hydrogens is 146 g/mol. The van der Waals surface area contributed by atoms with E-state index in [-0.39, 0.29) is 0 Å². The molecule has 0 aliphatic rings. The fourth-order valence-electron chi connectivity index (χ4n) is 0.403. The summed E-state index contributed by atoms with van der Waals surface area (Å²) in [7, 11) is 0. The predicted molar refractivity (Wildman–Crippen MR) is 52.3 cm³/mol. The van der Waals surface area contributed by atoms with E-state index in [1.807, 2.05) is 19.9 Å². The maximum atomic E-state index is 3.87. The number of rotatable bonds is 3. The molecule has 0 spiro atoms. The zero-order chi connectivity index (χ0) is 9.23. The molecule has 0 fully saturated rings. The Morgan fingerprint density at radius 2 is 2.17 bits per heavy atom. The van der Waals surface area contributed by atoms with Crippen LogP contribution in [0.1, 0.15) is 26.7 Å². The molecule has 0 atom stereocenters. The fraction of sp³-hybridized carbons (Fsp3) is 0.364. The summed E-state index contributed by atoms with van der Waals surface area (Å²) >= 11 is 0. The highest BCUT2D eigenvalue weighted by Crippen LogP contribution is 1.93. The molecule has 0 rings (SSSR count). The molecule has 0 radical (unpaired) electrons. The first-order valence-corrected chi connectivity index (χ1v) is 4.02. The zero-order valence-electron chi connectivity index (χ0n) is 7.65. The van der Waals surface area contributed by atoms with Crippen LogP contribution in [0.5, 0.6) is 0 Å². The van der Waals surface area contributed by atoms with Crippen molar-refractivity contribution in [3.63, 3.8) is 0 Å². The summed E-state index contributed by atoms with van der Waals surface area (Å²) in [5, 5.41) is 0. The molecule has 0 unspecified atom stereocenters. The standard InChI is InChI=1S/C11H13N/c1-4-6-7-8-9-10-12-11(3)5-2/h6H,3-5H2,1-2H3. The van der Waals surface area contributed by atoms with Crippen molar-refractivity contribution in [2.24, 2.45) is 4.99 Å². The average molecular weight is 159 g/mol. The normalized spacial score (nSPS) is 6.83. The van der Waals surface area contributed by atoms with Crippen molar-refractivity contribution in [1.29, 1.82) is 0 Å². The van der Waals surface area contributed by atoms with E-state index >= 15 is 0 Å². The quantitative estimate of drug-likeness (QED) is 0.443. The molecule has 0 aromatic heterocycles. The second-order valence-corrected chi connectivity index (χ2v) is 2.15. The summed E-state index contributed by atoms with van der Waals surface area (Å²) in [6.07, 6.45) is 3.65. The lowest BCUT2D eigenvalue weighted by molar-refractivity contribution is 1.08. The van der Waals surface area contributed by atoms with Crippen LogP contribution >= 0.6 is 0 Å². The average Bonchev–Trinajstić information content (AvgIpc) is 2.10. The first kappa shape index (κ1) is 10.5. The molecule has 0 aromatic rings. The van der Waals surface area contributed by atoms with E-state index in [1.165, 1.54) is 0 Å². The van der Waals surface area contributed by atoms with Crippen LogP contribution in [-0.4, -0.2) is 5.87 Å². The van der Waals surface area contributed by atoms with Gasteiger partial charge in [-0.25, -0.2) is 4.99 Å². The van der Waals surface area contributed by atoms with E-state index in [9.17, 15) is 0 Å². The van der Waals surface area contributed by atoms with Gasteiger partial charge >= 0.3 is 0 Å². The van der Waals surface area contributed by atoms with Crippen LogP contribution in [0.25, 0.3) is 0 Å².